The van der Waals surface area contributed by atoms with Gasteiger partial charge >= 0.3 is 0 Å². The molecule has 34 heavy (non-hydrogen) atoms. The fourth-order valence-electron chi connectivity index (χ4n) is 6.06. The summed E-state index contributed by atoms with van der Waals surface area (Å²) in [6.07, 6.45) is -0.113. The Hall–Kier alpha value is -3.72. The summed E-state index contributed by atoms with van der Waals surface area (Å²) in [5.41, 5.74) is 8.02. The summed E-state index contributed by atoms with van der Waals surface area (Å²) in [5, 5.41) is 4.67. The number of methoxy groups -OCH3 is 1. The predicted octanol–water partition coefficient (Wildman–Crippen LogP) is 0.0818. The number of anilines is 1. The molecule has 3 aliphatic heterocycles. The largest absolute Gasteiger partial charge is 0.496 e. The van der Waals surface area contributed by atoms with Gasteiger partial charge in [0.25, 0.3) is 5.91 Å². The molecule has 2 saturated heterocycles. The second-order valence-corrected chi connectivity index (χ2v) is 9.41. The maximum absolute atomic E-state index is 13.9. The number of nitrogens with one attached hydrogen (secondary N) is 1. The first-order valence-electron chi connectivity index (χ1n) is 11.2. The highest BCUT2D eigenvalue weighted by molar-refractivity contribution is 6.14. The van der Waals surface area contributed by atoms with Gasteiger partial charge in [0.2, 0.25) is 23.3 Å². The number of hydrogen-bond donors (Lipinski definition) is 3. The van der Waals surface area contributed by atoms with Gasteiger partial charge in [-0.25, -0.2) is 0 Å². The Morgan fingerprint density at radius 2 is 1.91 bits per heavy atom. The van der Waals surface area contributed by atoms with E-state index in [4.69, 9.17) is 10.5 Å². The van der Waals surface area contributed by atoms with Gasteiger partial charge in [0.1, 0.15) is 23.6 Å². The molecule has 2 aromatic carbocycles. The number of aryl methyl sites for hydroxylation is 2. The number of carbonyl (C=O) groups excluding carboxylic acids is 4. The highest BCUT2D eigenvalue weighted by Gasteiger charge is 2.74. The smallest absolute Gasteiger partial charge is 0.291 e. The summed E-state index contributed by atoms with van der Waals surface area (Å²) in [4.78, 5) is 54.2. The summed E-state index contributed by atoms with van der Waals surface area (Å²) in [6.45, 7) is 3.84. The number of carbonyl (C=O) groups is 4. The number of likely N-dealkylation sites (tertiary alicyclic amines) is 1. The van der Waals surface area contributed by atoms with Crippen molar-refractivity contribution in [2.45, 2.75) is 38.4 Å². The van der Waals surface area contributed by atoms with Crippen molar-refractivity contribution in [1.29, 1.82) is 0 Å². The quantitative estimate of drug-likeness (QED) is 0.540. The molecule has 0 radical (unpaired) electrons. The minimum Gasteiger partial charge on any atom is -0.496 e. The molecule has 3 heterocycles. The molecule has 5 rings (SSSR count). The number of imide groups is 1. The minimum absolute atomic E-state index is 0.0232. The summed E-state index contributed by atoms with van der Waals surface area (Å²) >= 11 is 0. The topological polar surface area (TPSA) is 135 Å². The van der Waals surface area contributed by atoms with Crippen molar-refractivity contribution in [2.75, 3.05) is 12.4 Å². The van der Waals surface area contributed by atoms with E-state index in [1.807, 2.05) is 32.0 Å². The SMILES string of the molecule is COc1ccccc1CN1C(=O)[C@@H]2[C@H](CC(N)=O)[NH2+][C@]3(C(=O)Nc4c(C)cc(C)cc43)[C@@H]2C1=O. The van der Waals surface area contributed by atoms with Crippen LogP contribution in [0.25, 0.3) is 0 Å². The number of rotatable bonds is 5. The first-order chi connectivity index (χ1) is 16.2. The number of ether oxygens (including phenoxy) is 1. The molecule has 0 unspecified atom stereocenters. The van der Waals surface area contributed by atoms with Crippen LogP contribution in [0.1, 0.15) is 28.7 Å². The van der Waals surface area contributed by atoms with Gasteiger partial charge in [0.05, 0.1) is 25.8 Å². The van der Waals surface area contributed by atoms with E-state index in [0.29, 0.717) is 22.6 Å². The molecule has 2 fully saturated rings. The Bertz CT molecular complexity index is 1260. The Labute approximate surface area is 196 Å². The van der Waals surface area contributed by atoms with Crippen molar-refractivity contribution < 1.29 is 29.2 Å². The highest BCUT2D eigenvalue weighted by Crippen LogP contribution is 2.50. The maximum atomic E-state index is 13.9. The average molecular weight is 464 g/mol. The Kier molecular flexibility index (Phi) is 4.98. The summed E-state index contributed by atoms with van der Waals surface area (Å²) in [5.74, 6) is -2.98. The molecule has 9 heteroatoms. The molecule has 4 amide bonds. The Balaban J connectivity index is 1.63. The monoisotopic (exact) mass is 463 g/mol. The van der Waals surface area contributed by atoms with E-state index in [1.165, 1.54) is 12.0 Å². The van der Waals surface area contributed by atoms with Crippen LogP contribution < -0.4 is 21.1 Å². The van der Waals surface area contributed by atoms with Crippen LogP contribution in [0.5, 0.6) is 5.75 Å². The van der Waals surface area contributed by atoms with Gasteiger partial charge in [-0.05, 0) is 31.5 Å². The van der Waals surface area contributed by atoms with Crippen LogP contribution in [0.15, 0.2) is 36.4 Å². The van der Waals surface area contributed by atoms with Crippen LogP contribution in [0.3, 0.4) is 0 Å². The number of quaternary nitrogens is 1. The average Bonchev–Trinajstić information content (AvgIpc) is 3.35. The fourth-order valence-corrected chi connectivity index (χ4v) is 6.06. The molecule has 0 saturated carbocycles. The minimum atomic E-state index is -1.33. The molecule has 0 bridgehead atoms. The number of para-hydroxylation sites is 1. The third-order valence-electron chi connectivity index (χ3n) is 7.37. The second kappa shape index (κ2) is 7.66. The molecule has 0 aliphatic carbocycles. The van der Waals surface area contributed by atoms with Gasteiger partial charge in [0, 0.05) is 11.1 Å². The molecule has 3 aliphatic rings. The van der Waals surface area contributed by atoms with Crippen molar-refractivity contribution >= 4 is 29.3 Å². The zero-order valence-corrected chi connectivity index (χ0v) is 19.3. The van der Waals surface area contributed by atoms with Crippen LogP contribution in [-0.2, 0) is 31.3 Å². The first-order valence-corrected chi connectivity index (χ1v) is 11.2. The van der Waals surface area contributed by atoms with Gasteiger partial charge in [0.15, 0.2) is 0 Å². The van der Waals surface area contributed by atoms with E-state index in [-0.39, 0.29) is 18.9 Å². The number of hydrogen-bond acceptors (Lipinski definition) is 5. The Morgan fingerprint density at radius 1 is 1.18 bits per heavy atom. The van der Waals surface area contributed by atoms with Crippen molar-refractivity contribution in [3.63, 3.8) is 0 Å². The van der Waals surface area contributed by atoms with E-state index < -0.39 is 41.1 Å². The lowest BCUT2D eigenvalue weighted by atomic mass is 9.76. The zero-order valence-electron chi connectivity index (χ0n) is 19.3. The van der Waals surface area contributed by atoms with Crippen molar-refractivity contribution in [3.8, 4) is 5.75 Å². The van der Waals surface area contributed by atoms with Gasteiger partial charge in [-0.1, -0.05) is 29.8 Å². The van der Waals surface area contributed by atoms with Crippen molar-refractivity contribution in [1.82, 2.24) is 4.90 Å². The van der Waals surface area contributed by atoms with Gasteiger partial charge in [-0.3, -0.25) is 24.1 Å². The lowest BCUT2D eigenvalue weighted by molar-refractivity contribution is -0.732. The van der Waals surface area contributed by atoms with E-state index in [2.05, 4.69) is 5.32 Å². The number of benzene rings is 2. The third kappa shape index (κ3) is 2.96. The molecular formula is C25H27N4O5+. The lowest BCUT2D eigenvalue weighted by Crippen LogP contribution is -2.99. The number of nitrogens with two attached hydrogens (primary N) is 2. The van der Waals surface area contributed by atoms with Crippen LogP contribution >= 0.6 is 0 Å². The van der Waals surface area contributed by atoms with E-state index in [1.54, 1.807) is 23.5 Å². The normalized spacial score (nSPS) is 27.2. The number of amides is 4. The molecule has 9 nitrogen and oxygen atoms in total. The highest BCUT2D eigenvalue weighted by atomic mass is 16.5. The summed E-state index contributed by atoms with van der Waals surface area (Å²) in [6, 6.07) is 10.4. The molecule has 4 atom stereocenters. The number of primary amides is 1. The van der Waals surface area contributed by atoms with Crippen LogP contribution in [-0.4, -0.2) is 41.7 Å². The number of fused-ring (bicyclic) bond motifs is 4. The van der Waals surface area contributed by atoms with Gasteiger partial charge < -0.3 is 21.1 Å². The Morgan fingerprint density at radius 3 is 2.62 bits per heavy atom. The van der Waals surface area contributed by atoms with Crippen molar-refractivity contribution in [3.05, 3.63) is 58.7 Å². The van der Waals surface area contributed by atoms with E-state index in [9.17, 15) is 19.2 Å². The van der Waals surface area contributed by atoms with Crippen LogP contribution in [0, 0.1) is 25.7 Å². The molecule has 176 valence electrons. The fraction of sp³-hybridized carbons (Fsp3) is 0.360. The molecule has 5 N–H and O–H groups in total. The first kappa shape index (κ1) is 22.1. The van der Waals surface area contributed by atoms with Gasteiger partial charge in [-0.2, -0.15) is 0 Å². The molecule has 2 aromatic rings. The van der Waals surface area contributed by atoms with Gasteiger partial charge in [-0.15, -0.1) is 0 Å². The molecular weight excluding hydrogens is 436 g/mol. The molecule has 0 aromatic heterocycles. The zero-order chi connectivity index (χ0) is 24.4. The third-order valence-corrected chi connectivity index (χ3v) is 7.37. The maximum Gasteiger partial charge on any atom is 0.291 e. The standard InChI is InChI=1S/C25H26N4O5/c1-12-8-13(2)21-15(9-12)25(24(33)27-21)20-19(16(28-25)10-18(26)30)22(31)29(23(20)32)11-14-6-4-5-7-17(14)34-3/h4-9,16,19-20,28H,10-11H2,1-3H3,(H2,26,30)(H,27,33)/p+1/t16-,19+,20-,25-/m0/s1. The van der Waals surface area contributed by atoms with E-state index in [0.717, 1.165) is 11.1 Å². The summed E-state index contributed by atoms with van der Waals surface area (Å²) < 4.78 is 5.40. The van der Waals surface area contributed by atoms with Crippen LogP contribution in [0.2, 0.25) is 0 Å². The lowest BCUT2D eigenvalue weighted by Gasteiger charge is -2.26. The van der Waals surface area contributed by atoms with Crippen molar-refractivity contribution in [2.24, 2.45) is 17.6 Å². The second-order valence-electron chi connectivity index (χ2n) is 9.41. The van der Waals surface area contributed by atoms with E-state index >= 15 is 0 Å². The number of nitrogens with zero attached hydrogens (tertiary/aromatic N) is 1. The molecule has 1 spiro atoms. The summed E-state index contributed by atoms with van der Waals surface area (Å²) in [7, 11) is 1.53. The predicted molar refractivity (Wildman–Crippen MR) is 121 cm³/mol. The van der Waals surface area contributed by atoms with Crippen LogP contribution in [0.4, 0.5) is 5.69 Å².